The molecule has 0 unspecified atom stereocenters. The lowest BCUT2D eigenvalue weighted by Gasteiger charge is -2.21. The van der Waals surface area contributed by atoms with Crippen molar-refractivity contribution in [3.63, 3.8) is 0 Å². The van der Waals surface area contributed by atoms with Crippen molar-refractivity contribution >= 4 is 23.5 Å². The minimum Gasteiger partial charge on any atom is -0.481 e. The van der Waals surface area contributed by atoms with Crippen LogP contribution in [0.3, 0.4) is 0 Å². The maximum atomic E-state index is 12.1. The highest BCUT2D eigenvalue weighted by Crippen LogP contribution is 2.23. The third-order valence-electron chi connectivity index (χ3n) is 3.41. The van der Waals surface area contributed by atoms with Crippen LogP contribution in [0.1, 0.15) is 36.0 Å². The van der Waals surface area contributed by atoms with Gasteiger partial charge in [-0.3, -0.25) is 14.4 Å². The van der Waals surface area contributed by atoms with E-state index >= 15 is 0 Å². The maximum absolute atomic E-state index is 12.1. The summed E-state index contributed by atoms with van der Waals surface area (Å²) in [6.45, 7) is 0.479. The maximum Gasteiger partial charge on any atom is 0.303 e. The van der Waals surface area contributed by atoms with Crippen molar-refractivity contribution in [1.29, 1.82) is 0 Å². The standard InChI is InChI=1S/C15H18N2O4/c18-13-10-16-15(21)11-6-3-4-7-12(11)17(13)9-5-1-2-8-14(19)20/h3-4,6-7H,1-2,5,8-10H2,(H,16,21)(H,19,20). The number of carbonyl (C=O) groups is 3. The number of anilines is 1. The van der Waals surface area contributed by atoms with Crippen LogP contribution in [0.4, 0.5) is 5.69 Å². The van der Waals surface area contributed by atoms with Gasteiger partial charge in [-0.1, -0.05) is 18.6 Å². The highest BCUT2D eigenvalue weighted by molar-refractivity contribution is 6.09. The van der Waals surface area contributed by atoms with Crippen LogP contribution < -0.4 is 10.2 Å². The molecule has 0 saturated carbocycles. The van der Waals surface area contributed by atoms with Crippen LogP contribution in [0.15, 0.2) is 24.3 Å². The molecule has 0 atom stereocenters. The average Bonchev–Trinajstić information content (AvgIpc) is 2.58. The van der Waals surface area contributed by atoms with E-state index in [0.29, 0.717) is 30.6 Å². The van der Waals surface area contributed by atoms with Crippen molar-refractivity contribution in [3.8, 4) is 0 Å². The number of nitrogens with zero attached hydrogens (tertiary/aromatic N) is 1. The number of para-hydroxylation sites is 1. The summed E-state index contributed by atoms with van der Waals surface area (Å²) in [4.78, 5) is 36.1. The molecule has 1 aliphatic heterocycles. The van der Waals surface area contributed by atoms with E-state index in [1.54, 1.807) is 29.2 Å². The lowest BCUT2D eigenvalue weighted by atomic mass is 10.1. The van der Waals surface area contributed by atoms with E-state index in [9.17, 15) is 14.4 Å². The average molecular weight is 290 g/mol. The Morgan fingerprint density at radius 2 is 1.95 bits per heavy atom. The fourth-order valence-electron chi connectivity index (χ4n) is 2.35. The first-order valence-corrected chi connectivity index (χ1v) is 6.99. The summed E-state index contributed by atoms with van der Waals surface area (Å²) >= 11 is 0. The molecule has 21 heavy (non-hydrogen) atoms. The molecule has 6 nitrogen and oxygen atoms in total. The van der Waals surface area contributed by atoms with Crippen molar-refractivity contribution in [2.24, 2.45) is 0 Å². The molecule has 0 spiro atoms. The molecule has 6 heteroatoms. The molecule has 0 aliphatic carbocycles. The second kappa shape index (κ2) is 6.88. The number of hydrogen-bond donors (Lipinski definition) is 2. The van der Waals surface area contributed by atoms with Gasteiger partial charge in [-0.15, -0.1) is 0 Å². The number of carboxylic acid groups (broad SMARTS) is 1. The molecular formula is C15H18N2O4. The Labute approximate surface area is 122 Å². The zero-order valence-corrected chi connectivity index (χ0v) is 11.7. The lowest BCUT2D eigenvalue weighted by Crippen LogP contribution is -2.37. The van der Waals surface area contributed by atoms with Gasteiger partial charge in [0.2, 0.25) is 5.91 Å². The summed E-state index contributed by atoms with van der Waals surface area (Å²) < 4.78 is 0. The summed E-state index contributed by atoms with van der Waals surface area (Å²) in [6, 6.07) is 7.01. The topological polar surface area (TPSA) is 86.7 Å². The van der Waals surface area contributed by atoms with E-state index in [0.717, 1.165) is 6.42 Å². The molecule has 0 aromatic heterocycles. The van der Waals surface area contributed by atoms with Crippen molar-refractivity contribution in [2.45, 2.75) is 25.7 Å². The van der Waals surface area contributed by atoms with Crippen molar-refractivity contribution in [2.75, 3.05) is 18.0 Å². The summed E-state index contributed by atoms with van der Waals surface area (Å²) in [7, 11) is 0. The molecule has 2 N–H and O–H groups in total. The zero-order chi connectivity index (χ0) is 15.2. The van der Waals surface area contributed by atoms with E-state index in [1.807, 2.05) is 0 Å². The molecular weight excluding hydrogens is 272 g/mol. The molecule has 112 valence electrons. The third kappa shape index (κ3) is 3.81. The van der Waals surface area contributed by atoms with Gasteiger partial charge < -0.3 is 15.3 Å². The van der Waals surface area contributed by atoms with Gasteiger partial charge >= 0.3 is 5.97 Å². The number of carboxylic acids is 1. The SMILES string of the molecule is O=C(O)CCCCCN1C(=O)CNC(=O)c2ccccc21. The van der Waals surface area contributed by atoms with Crippen LogP contribution in [-0.2, 0) is 9.59 Å². The smallest absolute Gasteiger partial charge is 0.303 e. The Hall–Kier alpha value is -2.37. The molecule has 0 bridgehead atoms. The number of fused-ring (bicyclic) bond motifs is 1. The molecule has 1 aromatic carbocycles. The van der Waals surface area contributed by atoms with Gasteiger partial charge in [-0.25, -0.2) is 0 Å². The second-order valence-corrected chi connectivity index (χ2v) is 4.95. The molecule has 0 radical (unpaired) electrons. The van der Waals surface area contributed by atoms with Gasteiger partial charge in [0.15, 0.2) is 0 Å². The van der Waals surface area contributed by atoms with Crippen molar-refractivity contribution in [1.82, 2.24) is 5.32 Å². The summed E-state index contributed by atoms with van der Waals surface area (Å²) in [5, 5.41) is 11.2. The third-order valence-corrected chi connectivity index (χ3v) is 3.41. The predicted octanol–water partition coefficient (Wildman–Crippen LogP) is 1.41. The zero-order valence-electron chi connectivity index (χ0n) is 11.7. The van der Waals surface area contributed by atoms with E-state index in [2.05, 4.69) is 5.32 Å². The van der Waals surface area contributed by atoms with Crippen LogP contribution in [0.5, 0.6) is 0 Å². The Morgan fingerprint density at radius 3 is 2.71 bits per heavy atom. The minimum atomic E-state index is -0.805. The van der Waals surface area contributed by atoms with Gasteiger partial charge in [0, 0.05) is 13.0 Å². The van der Waals surface area contributed by atoms with Gasteiger partial charge in [0.1, 0.15) is 0 Å². The van der Waals surface area contributed by atoms with Gasteiger partial charge in [0.05, 0.1) is 17.8 Å². The van der Waals surface area contributed by atoms with Crippen LogP contribution >= 0.6 is 0 Å². The molecule has 0 fully saturated rings. The van der Waals surface area contributed by atoms with E-state index < -0.39 is 5.97 Å². The summed E-state index contributed by atoms with van der Waals surface area (Å²) in [5.41, 5.74) is 1.12. The molecule has 1 heterocycles. The first kappa shape index (κ1) is 15.0. The Balaban J connectivity index is 2.03. The number of rotatable bonds is 6. The number of hydrogen-bond acceptors (Lipinski definition) is 3. The lowest BCUT2D eigenvalue weighted by molar-refractivity contribution is -0.137. The Morgan fingerprint density at radius 1 is 1.19 bits per heavy atom. The normalized spacial score (nSPS) is 14.4. The fourth-order valence-corrected chi connectivity index (χ4v) is 2.35. The first-order valence-electron chi connectivity index (χ1n) is 6.99. The number of aliphatic carboxylic acids is 1. The van der Waals surface area contributed by atoms with E-state index in [-0.39, 0.29) is 24.8 Å². The highest BCUT2D eigenvalue weighted by Gasteiger charge is 2.25. The predicted molar refractivity (Wildman–Crippen MR) is 77.2 cm³/mol. The number of amides is 2. The second-order valence-electron chi connectivity index (χ2n) is 4.95. The van der Waals surface area contributed by atoms with Crippen LogP contribution in [-0.4, -0.2) is 36.0 Å². The quantitative estimate of drug-likeness (QED) is 0.775. The fraction of sp³-hybridized carbons (Fsp3) is 0.400. The van der Waals surface area contributed by atoms with Crippen LogP contribution in [0.2, 0.25) is 0 Å². The molecule has 1 aromatic rings. The Kier molecular flexibility index (Phi) is 4.92. The van der Waals surface area contributed by atoms with E-state index in [4.69, 9.17) is 5.11 Å². The number of benzene rings is 1. The Bertz CT molecular complexity index is 556. The largest absolute Gasteiger partial charge is 0.481 e. The summed E-state index contributed by atoms with van der Waals surface area (Å²) in [5.74, 6) is -1.19. The summed E-state index contributed by atoms with van der Waals surface area (Å²) in [6.07, 6.45) is 2.18. The van der Waals surface area contributed by atoms with Crippen molar-refractivity contribution < 1.29 is 19.5 Å². The monoisotopic (exact) mass is 290 g/mol. The van der Waals surface area contributed by atoms with Gasteiger partial charge in [-0.2, -0.15) is 0 Å². The molecule has 1 aliphatic rings. The molecule has 0 saturated heterocycles. The molecule has 2 amide bonds. The number of nitrogens with one attached hydrogen (secondary N) is 1. The number of unbranched alkanes of at least 4 members (excludes halogenated alkanes) is 2. The van der Waals surface area contributed by atoms with Crippen molar-refractivity contribution in [3.05, 3.63) is 29.8 Å². The van der Waals surface area contributed by atoms with Gasteiger partial charge in [-0.05, 0) is 25.0 Å². The van der Waals surface area contributed by atoms with E-state index in [1.165, 1.54) is 0 Å². The number of carbonyl (C=O) groups excluding carboxylic acids is 2. The van der Waals surface area contributed by atoms with Crippen LogP contribution in [0.25, 0.3) is 0 Å². The first-order chi connectivity index (χ1) is 10.1. The minimum absolute atomic E-state index is 0.0113. The highest BCUT2D eigenvalue weighted by atomic mass is 16.4. The van der Waals surface area contributed by atoms with Gasteiger partial charge in [0.25, 0.3) is 5.91 Å². The molecule has 2 rings (SSSR count). The van der Waals surface area contributed by atoms with Crippen LogP contribution in [0, 0.1) is 0 Å².